The van der Waals surface area contributed by atoms with Crippen LogP contribution in [0, 0.1) is 0 Å². The number of rotatable bonds is 4. The lowest BCUT2D eigenvalue weighted by molar-refractivity contribution is 0.541. The van der Waals surface area contributed by atoms with Gasteiger partial charge in [0.2, 0.25) is 0 Å². The molecule has 0 saturated heterocycles. The summed E-state index contributed by atoms with van der Waals surface area (Å²) in [4.78, 5) is 26.9. The largest absolute Gasteiger partial charge is 0.360 e. The Morgan fingerprint density at radius 2 is 2.00 bits per heavy atom. The molecule has 0 bridgehead atoms. The van der Waals surface area contributed by atoms with Crippen LogP contribution in [0.15, 0.2) is 40.9 Å². The highest BCUT2D eigenvalue weighted by atomic mass is 35.5. The summed E-state index contributed by atoms with van der Waals surface area (Å²) in [5, 5.41) is 5.24. The summed E-state index contributed by atoms with van der Waals surface area (Å²) in [7, 11) is 0. The number of nitrogens with zero attached hydrogens (tertiary/aromatic N) is 4. The molecule has 0 aliphatic carbocycles. The van der Waals surface area contributed by atoms with Crippen LogP contribution in [0.25, 0.3) is 21.1 Å². The van der Waals surface area contributed by atoms with E-state index in [9.17, 15) is 4.79 Å². The van der Waals surface area contributed by atoms with Gasteiger partial charge in [0.25, 0.3) is 5.56 Å². The van der Waals surface area contributed by atoms with Crippen molar-refractivity contribution in [3.8, 4) is 0 Å². The Morgan fingerprint density at radius 3 is 2.78 bits per heavy atom. The van der Waals surface area contributed by atoms with Crippen LogP contribution < -0.4 is 10.9 Å². The van der Waals surface area contributed by atoms with Crippen LogP contribution in [-0.4, -0.2) is 19.5 Å². The Balaban J connectivity index is 1.86. The molecule has 3 aromatic heterocycles. The summed E-state index contributed by atoms with van der Waals surface area (Å²) in [6.45, 7) is 5.98. The van der Waals surface area contributed by atoms with Crippen LogP contribution in [0.4, 0.5) is 5.82 Å². The first-order valence-electron chi connectivity index (χ1n) is 8.61. The van der Waals surface area contributed by atoms with E-state index in [2.05, 4.69) is 20.3 Å². The van der Waals surface area contributed by atoms with Gasteiger partial charge in [-0.2, -0.15) is 0 Å². The lowest BCUT2D eigenvalue weighted by atomic mass is 10.1. The van der Waals surface area contributed by atoms with Gasteiger partial charge in [0, 0.05) is 11.7 Å². The van der Waals surface area contributed by atoms with Crippen LogP contribution in [0.5, 0.6) is 0 Å². The maximum atomic E-state index is 13.2. The van der Waals surface area contributed by atoms with Crippen LogP contribution in [0.1, 0.15) is 38.5 Å². The third kappa shape index (κ3) is 3.07. The molecule has 0 spiro atoms. The molecule has 4 aromatic rings. The summed E-state index contributed by atoms with van der Waals surface area (Å²) >= 11 is 7.77. The fourth-order valence-corrected chi connectivity index (χ4v) is 4.19. The average molecular weight is 400 g/mol. The minimum atomic E-state index is -0.164. The number of halogens is 1. The van der Waals surface area contributed by atoms with Crippen molar-refractivity contribution in [1.82, 2.24) is 19.5 Å². The number of hydrogen-bond acceptors (Lipinski definition) is 6. The molecule has 0 saturated carbocycles. The molecular formula is C19H18ClN5OS. The number of anilines is 1. The Labute approximate surface area is 164 Å². The van der Waals surface area contributed by atoms with E-state index < -0.39 is 0 Å². The fraction of sp³-hybridized carbons (Fsp3) is 0.263. The van der Waals surface area contributed by atoms with Gasteiger partial charge in [-0.05, 0) is 38.3 Å². The van der Waals surface area contributed by atoms with E-state index in [1.54, 1.807) is 16.1 Å². The molecule has 6 nitrogen and oxygen atoms in total. The SMILES string of the molecule is CC(Nc1ncnc2scnc12)c1cc2cccc(Cl)c2c(=O)n1C(C)C. The topological polar surface area (TPSA) is 72.7 Å². The first kappa shape index (κ1) is 17.9. The van der Waals surface area contributed by atoms with Gasteiger partial charge in [-0.3, -0.25) is 4.79 Å². The van der Waals surface area contributed by atoms with Crippen LogP contribution in [-0.2, 0) is 0 Å². The lowest BCUT2D eigenvalue weighted by Crippen LogP contribution is -2.28. The third-order valence-corrected chi connectivity index (χ3v) is 5.56. The highest BCUT2D eigenvalue weighted by molar-refractivity contribution is 7.16. The number of hydrogen-bond donors (Lipinski definition) is 1. The van der Waals surface area contributed by atoms with Gasteiger partial charge in [0.15, 0.2) is 5.82 Å². The molecule has 1 unspecified atom stereocenters. The molecule has 1 aromatic carbocycles. The predicted molar refractivity (Wildman–Crippen MR) is 111 cm³/mol. The Bertz CT molecular complexity index is 1200. The number of pyridine rings is 1. The molecule has 0 amide bonds. The van der Waals surface area contributed by atoms with Crippen LogP contribution >= 0.6 is 22.9 Å². The zero-order chi connectivity index (χ0) is 19.1. The van der Waals surface area contributed by atoms with Crippen molar-refractivity contribution in [2.45, 2.75) is 32.9 Å². The quantitative estimate of drug-likeness (QED) is 0.533. The smallest absolute Gasteiger partial charge is 0.260 e. The maximum Gasteiger partial charge on any atom is 0.260 e. The van der Waals surface area contributed by atoms with E-state index in [0.717, 1.165) is 21.4 Å². The molecule has 0 radical (unpaired) electrons. The average Bonchev–Trinajstić information content (AvgIpc) is 3.10. The zero-order valence-corrected chi connectivity index (χ0v) is 16.7. The summed E-state index contributed by atoms with van der Waals surface area (Å²) in [5.41, 5.74) is 3.26. The van der Waals surface area contributed by atoms with Gasteiger partial charge >= 0.3 is 0 Å². The minimum absolute atomic E-state index is 0.0119. The van der Waals surface area contributed by atoms with Crippen molar-refractivity contribution in [1.29, 1.82) is 0 Å². The fourth-order valence-electron chi connectivity index (χ4n) is 3.30. The van der Waals surface area contributed by atoms with Crippen LogP contribution in [0.3, 0.4) is 0 Å². The molecule has 1 N–H and O–H groups in total. The molecular weight excluding hydrogens is 382 g/mol. The minimum Gasteiger partial charge on any atom is -0.360 e. The first-order valence-corrected chi connectivity index (χ1v) is 9.87. The van der Waals surface area contributed by atoms with E-state index in [-0.39, 0.29) is 17.6 Å². The molecule has 0 aliphatic heterocycles. The van der Waals surface area contributed by atoms with Gasteiger partial charge in [-0.1, -0.05) is 23.7 Å². The number of nitrogens with one attached hydrogen (secondary N) is 1. The second-order valence-corrected chi connectivity index (χ2v) is 7.88. The summed E-state index contributed by atoms with van der Waals surface area (Å²) < 4.78 is 1.78. The van der Waals surface area contributed by atoms with Crippen molar-refractivity contribution in [2.24, 2.45) is 0 Å². The van der Waals surface area contributed by atoms with Crippen LogP contribution in [0.2, 0.25) is 5.02 Å². The van der Waals surface area contributed by atoms with Gasteiger partial charge in [0.05, 0.1) is 22.0 Å². The molecule has 0 fully saturated rings. The standard InChI is InChI=1S/C19H18ClN5OS/c1-10(2)25-14(7-12-5-4-6-13(20)15(12)19(25)26)11(3)24-17-16-18(22-8-21-17)27-9-23-16/h4-11H,1-3H3,(H,21,22,24). The number of benzene rings is 1. The van der Waals surface area contributed by atoms with Crippen molar-refractivity contribution in [3.05, 3.63) is 57.2 Å². The van der Waals surface area contributed by atoms with E-state index in [1.165, 1.54) is 17.7 Å². The Kier molecular flexibility index (Phi) is 4.57. The second kappa shape index (κ2) is 6.90. The van der Waals surface area contributed by atoms with Crippen molar-refractivity contribution in [3.63, 3.8) is 0 Å². The highest BCUT2D eigenvalue weighted by Gasteiger charge is 2.19. The predicted octanol–water partition coefficient (Wildman–Crippen LogP) is 4.81. The van der Waals surface area contributed by atoms with E-state index in [0.29, 0.717) is 16.2 Å². The van der Waals surface area contributed by atoms with Crippen molar-refractivity contribution >= 4 is 49.9 Å². The summed E-state index contributed by atoms with van der Waals surface area (Å²) in [6, 6.07) is 7.35. The molecule has 27 heavy (non-hydrogen) atoms. The number of fused-ring (bicyclic) bond motifs is 2. The molecule has 4 rings (SSSR count). The van der Waals surface area contributed by atoms with E-state index >= 15 is 0 Å². The highest BCUT2D eigenvalue weighted by Crippen LogP contribution is 2.28. The zero-order valence-electron chi connectivity index (χ0n) is 15.1. The van der Waals surface area contributed by atoms with Gasteiger partial charge in [0.1, 0.15) is 16.7 Å². The number of aromatic nitrogens is 4. The Hall–Kier alpha value is -2.51. The van der Waals surface area contributed by atoms with Crippen molar-refractivity contribution < 1.29 is 0 Å². The molecule has 8 heteroatoms. The van der Waals surface area contributed by atoms with Crippen molar-refractivity contribution in [2.75, 3.05) is 5.32 Å². The second-order valence-electron chi connectivity index (χ2n) is 6.64. The third-order valence-electron chi connectivity index (χ3n) is 4.51. The molecule has 138 valence electrons. The Morgan fingerprint density at radius 1 is 1.19 bits per heavy atom. The lowest BCUT2D eigenvalue weighted by Gasteiger charge is -2.23. The normalized spacial score (nSPS) is 12.8. The van der Waals surface area contributed by atoms with Gasteiger partial charge in [-0.15, -0.1) is 11.3 Å². The van der Waals surface area contributed by atoms with E-state index in [1.807, 2.05) is 39.0 Å². The van der Waals surface area contributed by atoms with E-state index in [4.69, 9.17) is 11.6 Å². The first-order chi connectivity index (χ1) is 13.0. The maximum absolute atomic E-state index is 13.2. The monoisotopic (exact) mass is 399 g/mol. The number of thiazole rings is 1. The molecule has 3 heterocycles. The summed E-state index contributed by atoms with van der Waals surface area (Å²) in [5.74, 6) is 0.655. The summed E-state index contributed by atoms with van der Waals surface area (Å²) in [6.07, 6.45) is 1.52. The molecule has 0 aliphatic rings. The van der Waals surface area contributed by atoms with Gasteiger partial charge < -0.3 is 9.88 Å². The molecule has 1 atom stereocenters. The van der Waals surface area contributed by atoms with Gasteiger partial charge in [-0.25, -0.2) is 15.0 Å².